The molecule has 0 saturated carbocycles. The van der Waals surface area contributed by atoms with Crippen LogP contribution in [0.25, 0.3) is 0 Å². The molecule has 0 bridgehead atoms. The Morgan fingerprint density at radius 2 is 2.33 bits per heavy atom. The average Bonchev–Trinajstić information content (AvgIpc) is 2.04. The maximum Gasteiger partial charge on any atom is 0.0744 e. The second kappa shape index (κ2) is 2.98. The van der Waals surface area contributed by atoms with Crippen molar-refractivity contribution in [3.05, 3.63) is 22.7 Å². The van der Waals surface area contributed by atoms with Crippen LogP contribution in [-0.2, 0) is 0 Å². The largest absolute Gasteiger partial charge is 0.382 e. The fraction of sp³-hybridized carbons (Fsp3) is 0.333. The Morgan fingerprint density at radius 1 is 1.50 bits per heavy atom. The first-order valence-corrected chi connectivity index (χ1v) is 4.82. The number of para-hydroxylation sites is 1. The highest BCUT2D eigenvalue weighted by Crippen LogP contribution is 2.34. The molecule has 1 N–H and O–H groups in total. The van der Waals surface area contributed by atoms with Crippen molar-refractivity contribution in [3.63, 3.8) is 0 Å². The van der Waals surface area contributed by atoms with Gasteiger partial charge in [0.1, 0.15) is 0 Å². The summed E-state index contributed by atoms with van der Waals surface area (Å²) < 4.78 is 1.16. The predicted molar refractivity (Wildman–Crippen MR) is 55.9 cm³/mol. The van der Waals surface area contributed by atoms with Crippen molar-refractivity contribution in [2.24, 2.45) is 0 Å². The highest BCUT2D eigenvalue weighted by atomic mass is 79.9. The molecule has 0 amide bonds. The van der Waals surface area contributed by atoms with Gasteiger partial charge in [-0.3, -0.25) is 0 Å². The molecule has 2 nitrogen and oxygen atoms in total. The molecule has 12 heavy (non-hydrogen) atoms. The normalized spacial score (nSPS) is 15.3. The van der Waals surface area contributed by atoms with Gasteiger partial charge in [0, 0.05) is 24.6 Å². The summed E-state index contributed by atoms with van der Waals surface area (Å²) in [4.78, 5) is 2.26. The fourth-order valence-electron chi connectivity index (χ4n) is 1.52. The molecule has 1 aliphatic rings. The van der Waals surface area contributed by atoms with Crippen LogP contribution in [0.1, 0.15) is 0 Å². The van der Waals surface area contributed by atoms with Gasteiger partial charge < -0.3 is 10.2 Å². The van der Waals surface area contributed by atoms with E-state index in [2.05, 4.69) is 51.4 Å². The second-order valence-corrected chi connectivity index (χ2v) is 3.84. The topological polar surface area (TPSA) is 15.3 Å². The summed E-state index contributed by atoms with van der Waals surface area (Å²) in [6, 6.07) is 6.23. The molecule has 0 fully saturated rings. The Kier molecular flexibility index (Phi) is 1.97. The van der Waals surface area contributed by atoms with Gasteiger partial charge in [-0.2, -0.15) is 0 Å². The third-order valence-electron chi connectivity index (χ3n) is 2.13. The zero-order valence-electron chi connectivity index (χ0n) is 6.97. The van der Waals surface area contributed by atoms with E-state index in [9.17, 15) is 0 Å². The molecule has 0 aromatic heterocycles. The van der Waals surface area contributed by atoms with Gasteiger partial charge in [0.15, 0.2) is 0 Å². The first-order valence-electron chi connectivity index (χ1n) is 4.02. The van der Waals surface area contributed by atoms with Gasteiger partial charge in [0.2, 0.25) is 0 Å². The summed E-state index contributed by atoms with van der Waals surface area (Å²) in [5.41, 5.74) is 2.49. The molecule has 64 valence electrons. The van der Waals surface area contributed by atoms with Crippen molar-refractivity contribution >= 4 is 27.3 Å². The zero-order chi connectivity index (χ0) is 8.55. The van der Waals surface area contributed by atoms with Crippen LogP contribution in [0.15, 0.2) is 22.7 Å². The number of likely N-dealkylation sites (N-methyl/N-ethyl adjacent to an activating group) is 1. The SMILES string of the molecule is CN1CCNc2cccc(Br)c21. The molecular weight excluding hydrogens is 216 g/mol. The lowest BCUT2D eigenvalue weighted by Crippen LogP contribution is -2.30. The fourth-order valence-corrected chi connectivity index (χ4v) is 2.18. The Balaban J connectivity index is 2.53. The minimum absolute atomic E-state index is 1.03. The molecule has 0 aliphatic carbocycles. The van der Waals surface area contributed by atoms with Gasteiger partial charge in [-0.25, -0.2) is 0 Å². The van der Waals surface area contributed by atoms with Crippen LogP contribution in [-0.4, -0.2) is 20.1 Å². The lowest BCUT2D eigenvalue weighted by atomic mass is 10.2. The van der Waals surface area contributed by atoms with Crippen LogP contribution in [0.4, 0.5) is 11.4 Å². The van der Waals surface area contributed by atoms with Crippen LogP contribution >= 0.6 is 15.9 Å². The number of rotatable bonds is 0. The molecule has 1 aromatic carbocycles. The molecule has 0 spiro atoms. The van der Waals surface area contributed by atoms with E-state index < -0.39 is 0 Å². The second-order valence-electron chi connectivity index (χ2n) is 2.98. The third-order valence-corrected chi connectivity index (χ3v) is 2.77. The highest BCUT2D eigenvalue weighted by molar-refractivity contribution is 9.10. The van der Waals surface area contributed by atoms with E-state index in [1.54, 1.807) is 0 Å². The number of nitrogens with zero attached hydrogens (tertiary/aromatic N) is 1. The van der Waals surface area contributed by atoms with Crippen molar-refractivity contribution in [2.45, 2.75) is 0 Å². The van der Waals surface area contributed by atoms with Crippen molar-refractivity contribution in [1.82, 2.24) is 0 Å². The number of anilines is 2. The van der Waals surface area contributed by atoms with E-state index in [0.717, 1.165) is 17.6 Å². The van der Waals surface area contributed by atoms with E-state index in [1.807, 2.05) is 0 Å². The lowest BCUT2D eigenvalue weighted by Gasteiger charge is -2.29. The quantitative estimate of drug-likeness (QED) is 0.731. The molecule has 1 aliphatic heterocycles. The Hall–Kier alpha value is -0.700. The van der Waals surface area contributed by atoms with Crippen LogP contribution < -0.4 is 10.2 Å². The summed E-state index contributed by atoms with van der Waals surface area (Å²) in [5, 5.41) is 3.36. The van der Waals surface area contributed by atoms with Crippen molar-refractivity contribution in [1.29, 1.82) is 0 Å². The van der Waals surface area contributed by atoms with Gasteiger partial charge in [-0.1, -0.05) is 6.07 Å². The predicted octanol–water partition coefficient (Wildman–Crippen LogP) is 2.31. The molecular formula is C9H11BrN2. The number of hydrogen-bond acceptors (Lipinski definition) is 2. The third kappa shape index (κ3) is 1.18. The molecule has 0 radical (unpaired) electrons. The smallest absolute Gasteiger partial charge is 0.0744 e. The Labute approximate surface area is 80.7 Å². The van der Waals surface area contributed by atoms with E-state index in [4.69, 9.17) is 0 Å². The van der Waals surface area contributed by atoms with Crippen molar-refractivity contribution in [3.8, 4) is 0 Å². The molecule has 2 rings (SSSR count). The summed E-state index contributed by atoms with van der Waals surface area (Å²) in [5.74, 6) is 0. The van der Waals surface area contributed by atoms with Crippen LogP contribution in [0.5, 0.6) is 0 Å². The van der Waals surface area contributed by atoms with Crippen LogP contribution in [0.3, 0.4) is 0 Å². The Bertz CT molecular complexity index is 299. The molecule has 0 atom stereocenters. The first-order chi connectivity index (χ1) is 5.79. The number of hydrogen-bond donors (Lipinski definition) is 1. The molecule has 1 aromatic rings. The van der Waals surface area contributed by atoms with Gasteiger partial charge in [0.05, 0.1) is 11.4 Å². The number of fused-ring (bicyclic) bond motifs is 1. The van der Waals surface area contributed by atoms with Crippen molar-refractivity contribution in [2.75, 3.05) is 30.4 Å². The van der Waals surface area contributed by atoms with Gasteiger partial charge in [-0.15, -0.1) is 0 Å². The summed E-state index contributed by atoms with van der Waals surface area (Å²) >= 11 is 3.54. The maximum absolute atomic E-state index is 3.54. The van der Waals surface area contributed by atoms with E-state index >= 15 is 0 Å². The summed E-state index contributed by atoms with van der Waals surface area (Å²) in [7, 11) is 2.12. The zero-order valence-corrected chi connectivity index (χ0v) is 8.56. The van der Waals surface area contributed by atoms with E-state index in [-0.39, 0.29) is 0 Å². The summed E-state index contributed by atoms with van der Waals surface area (Å²) in [6.45, 7) is 2.09. The maximum atomic E-state index is 3.54. The minimum atomic E-state index is 1.03. The van der Waals surface area contributed by atoms with Crippen LogP contribution in [0.2, 0.25) is 0 Å². The van der Waals surface area contributed by atoms with Gasteiger partial charge in [-0.05, 0) is 28.1 Å². The first kappa shape index (κ1) is 7.92. The monoisotopic (exact) mass is 226 g/mol. The standard InChI is InChI=1S/C9H11BrN2/c1-12-6-5-11-8-4-2-3-7(10)9(8)12/h2-4,11H,5-6H2,1H3. The van der Waals surface area contributed by atoms with Gasteiger partial charge >= 0.3 is 0 Å². The number of benzene rings is 1. The van der Waals surface area contributed by atoms with E-state index in [1.165, 1.54) is 11.4 Å². The summed E-state index contributed by atoms with van der Waals surface area (Å²) in [6.07, 6.45) is 0. The number of halogens is 1. The van der Waals surface area contributed by atoms with Crippen molar-refractivity contribution < 1.29 is 0 Å². The molecule has 1 heterocycles. The Morgan fingerprint density at radius 3 is 3.08 bits per heavy atom. The van der Waals surface area contributed by atoms with E-state index in [0.29, 0.717) is 0 Å². The number of nitrogens with one attached hydrogen (secondary N) is 1. The lowest BCUT2D eigenvalue weighted by molar-refractivity contribution is 0.884. The highest BCUT2D eigenvalue weighted by Gasteiger charge is 2.14. The molecule has 3 heteroatoms. The molecule has 0 unspecified atom stereocenters. The minimum Gasteiger partial charge on any atom is -0.382 e. The molecule has 0 saturated heterocycles. The average molecular weight is 227 g/mol. The van der Waals surface area contributed by atoms with Crippen LogP contribution in [0, 0.1) is 0 Å². The van der Waals surface area contributed by atoms with Gasteiger partial charge in [0.25, 0.3) is 0 Å².